The summed E-state index contributed by atoms with van der Waals surface area (Å²) < 4.78 is 31.6. The molecule has 200 valence electrons. The smallest absolute Gasteiger partial charge is 0.309 e. The van der Waals surface area contributed by atoms with Crippen molar-refractivity contribution in [3.63, 3.8) is 0 Å². The number of hydrogen-bond donors (Lipinski definition) is 1. The lowest BCUT2D eigenvalue weighted by Gasteiger charge is -2.22. The van der Waals surface area contributed by atoms with E-state index >= 15 is 0 Å². The predicted octanol–water partition coefficient (Wildman–Crippen LogP) is 8.04. The van der Waals surface area contributed by atoms with Crippen LogP contribution in [-0.4, -0.2) is 20.1 Å². The summed E-state index contributed by atoms with van der Waals surface area (Å²) >= 11 is 0. The van der Waals surface area contributed by atoms with Gasteiger partial charge < -0.3 is 9.50 Å². The minimum absolute atomic E-state index is 0.0965. The highest BCUT2D eigenvalue weighted by Crippen LogP contribution is 2.37. The zero-order valence-corrected chi connectivity index (χ0v) is 24.5. The second-order valence-corrected chi connectivity index (χ2v) is 12.9. The molecule has 0 saturated heterocycles. The van der Waals surface area contributed by atoms with Gasteiger partial charge in [-0.25, -0.2) is 0 Å². The minimum atomic E-state index is -3.97. The molecule has 0 fully saturated rings. The molecule has 0 spiro atoms. The molecular formula is C30H45NO4S. The van der Waals surface area contributed by atoms with E-state index in [4.69, 9.17) is 4.18 Å². The number of benzene rings is 2. The van der Waals surface area contributed by atoms with Crippen molar-refractivity contribution in [2.24, 2.45) is 0 Å². The van der Waals surface area contributed by atoms with Crippen LogP contribution in [0, 0.1) is 0 Å². The minimum Gasteiger partial charge on any atom is -0.382 e. The van der Waals surface area contributed by atoms with Gasteiger partial charge in [-0.2, -0.15) is 8.42 Å². The monoisotopic (exact) mass is 515 g/mol. The Bertz CT molecular complexity index is 1140. The van der Waals surface area contributed by atoms with Crippen molar-refractivity contribution in [3.8, 4) is 5.75 Å². The highest BCUT2D eigenvalue weighted by molar-refractivity contribution is 7.87. The Morgan fingerprint density at radius 3 is 1.61 bits per heavy atom. The molecule has 6 heteroatoms. The molecule has 0 aliphatic rings. The van der Waals surface area contributed by atoms with Crippen molar-refractivity contribution in [1.29, 1.82) is 0 Å². The van der Waals surface area contributed by atoms with Crippen LogP contribution in [0.25, 0.3) is 0 Å². The summed E-state index contributed by atoms with van der Waals surface area (Å²) in [6.07, 6.45) is -0.176. The van der Waals surface area contributed by atoms with Crippen LogP contribution in [0.15, 0.2) is 30.3 Å². The van der Waals surface area contributed by atoms with Gasteiger partial charge in [0.05, 0.1) is 5.75 Å². The molecule has 5 nitrogen and oxygen atoms in total. The molecule has 2 aromatic rings. The van der Waals surface area contributed by atoms with Crippen molar-refractivity contribution in [1.82, 2.24) is 0 Å². The molecule has 0 aliphatic carbocycles. The van der Waals surface area contributed by atoms with Crippen LogP contribution in [0.2, 0.25) is 0 Å². The Kier molecular flexibility index (Phi) is 10.2. The lowest BCUT2D eigenvalue weighted by Crippen LogP contribution is -2.22. The third kappa shape index (κ3) is 7.58. The van der Waals surface area contributed by atoms with Gasteiger partial charge in [-0.1, -0.05) is 93.5 Å². The van der Waals surface area contributed by atoms with Gasteiger partial charge in [0.1, 0.15) is 5.75 Å². The zero-order chi connectivity index (χ0) is 27.4. The summed E-state index contributed by atoms with van der Waals surface area (Å²) in [6, 6.07) is 9.97. The highest BCUT2D eigenvalue weighted by atomic mass is 32.2. The number of anilines is 1. The normalized spacial score (nSPS) is 12.3. The SMILES string of the molecule is CC(C)c1cc(C(C)C)c(C(C)C)cc1OS(=O)(=O)CCC(=O)Nc1c(C(C)C)cccc1C(C)C. The van der Waals surface area contributed by atoms with Crippen LogP contribution in [0.1, 0.15) is 133 Å². The van der Waals surface area contributed by atoms with Crippen LogP contribution < -0.4 is 9.50 Å². The van der Waals surface area contributed by atoms with E-state index in [1.807, 2.05) is 38.1 Å². The van der Waals surface area contributed by atoms with Crippen molar-refractivity contribution in [3.05, 3.63) is 58.1 Å². The molecule has 0 aromatic heterocycles. The molecule has 36 heavy (non-hydrogen) atoms. The Labute approximate surface area is 219 Å². The summed E-state index contributed by atoms with van der Waals surface area (Å²) in [7, 11) is -3.97. The molecule has 0 bridgehead atoms. The summed E-state index contributed by atoms with van der Waals surface area (Å²) in [5.41, 5.74) is 6.04. The van der Waals surface area contributed by atoms with Crippen LogP contribution in [0.5, 0.6) is 5.75 Å². The molecule has 0 radical (unpaired) electrons. The van der Waals surface area contributed by atoms with E-state index < -0.39 is 10.1 Å². The molecule has 1 N–H and O–H groups in total. The predicted molar refractivity (Wildman–Crippen MR) is 151 cm³/mol. The largest absolute Gasteiger partial charge is 0.382 e. The van der Waals surface area contributed by atoms with Crippen LogP contribution in [0.4, 0.5) is 5.69 Å². The van der Waals surface area contributed by atoms with Crippen LogP contribution >= 0.6 is 0 Å². The Balaban J connectivity index is 2.26. The number of nitrogens with one attached hydrogen (secondary N) is 1. The van der Waals surface area contributed by atoms with E-state index in [0.717, 1.165) is 27.9 Å². The third-order valence-electron chi connectivity index (χ3n) is 6.51. The number of carbonyl (C=O) groups is 1. The molecule has 2 rings (SSSR count). The first-order chi connectivity index (χ1) is 16.6. The van der Waals surface area contributed by atoms with Crippen molar-refractivity contribution in [2.45, 2.75) is 105 Å². The second kappa shape index (κ2) is 12.3. The Morgan fingerprint density at radius 1 is 0.722 bits per heavy atom. The van der Waals surface area contributed by atoms with Gasteiger partial charge in [0, 0.05) is 12.1 Å². The molecule has 0 atom stereocenters. The molecule has 1 amide bonds. The van der Waals surface area contributed by atoms with Gasteiger partial charge in [-0.05, 0) is 63.5 Å². The van der Waals surface area contributed by atoms with Gasteiger partial charge in [-0.15, -0.1) is 0 Å². The van der Waals surface area contributed by atoms with Gasteiger partial charge in [0.15, 0.2) is 0 Å². The summed E-state index contributed by atoms with van der Waals surface area (Å²) in [5, 5.41) is 2.99. The lowest BCUT2D eigenvalue weighted by molar-refractivity contribution is -0.115. The molecule has 0 unspecified atom stereocenters. The molecule has 0 saturated carbocycles. The Hall–Kier alpha value is -2.34. The fourth-order valence-electron chi connectivity index (χ4n) is 4.45. The number of amides is 1. The van der Waals surface area contributed by atoms with E-state index in [1.54, 1.807) is 0 Å². The Morgan fingerprint density at radius 2 is 1.17 bits per heavy atom. The van der Waals surface area contributed by atoms with Gasteiger partial charge >= 0.3 is 10.1 Å². The maximum Gasteiger partial charge on any atom is 0.309 e. The van der Waals surface area contributed by atoms with Crippen molar-refractivity contribution >= 4 is 21.7 Å². The van der Waals surface area contributed by atoms with E-state index in [-0.39, 0.29) is 41.8 Å². The maximum atomic E-state index is 13.0. The van der Waals surface area contributed by atoms with E-state index in [0.29, 0.717) is 11.7 Å². The fraction of sp³-hybridized carbons (Fsp3) is 0.567. The first-order valence-corrected chi connectivity index (χ1v) is 14.7. The first-order valence-electron chi connectivity index (χ1n) is 13.2. The maximum absolute atomic E-state index is 13.0. The molecule has 0 heterocycles. The summed E-state index contributed by atoms with van der Waals surface area (Å²) in [6.45, 7) is 20.8. The van der Waals surface area contributed by atoms with E-state index in [2.05, 4.69) is 66.8 Å². The first kappa shape index (κ1) is 29.9. The van der Waals surface area contributed by atoms with Crippen LogP contribution in [-0.2, 0) is 14.9 Å². The van der Waals surface area contributed by atoms with Crippen LogP contribution in [0.3, 0.4) is 0 Å². The molecule has 0 aliphatic heterocycles. The zero-order valence-electron chi connectivity index (χ0n) is 23.7. The topological polar surface area (TPSA) is 72.5 Å². The average molecular weight is 516 g/mol. The lowest BCUT2D eigenvalue weighted by atomic mass is 9.86. The quantitative estimate of drug-likeness (QED) is 0.307. The number of rotatable bonds is 11. The number of carbonyl (C=O) groups excluding carboxylic acids is 1. The summed E-state index contributed by atoms with van der Waals surface area (Å²) in [4.78, 5) is 12.9. The number of hydrogen-bond acceptors (Lipinski definition) is 4. The number of para-hydroxylation sites is 1. The average Bonchev–Trinajstić information content (AvgIpc) is 2.76. The molecule has 2 aromatic carbocycles. The fourth-order valence-corrected chi connectivity index (χ4v) is 5.38. The van der Waals surface area contributed by atoms with E-state index in [9.17, 15) is 13.2 Å². The van der Waals surface area contributed by atoms with Gasteiger partial charge in [-0.3, -0.25) is 4.79 Å². The summed E-state index contributed by atoms with van der Waals surface area (Å²) in [5.74, 6) is 0.743. The van der Waals surface area contributed by atoms with Crippen molar-refractivity contribution in [2.75, 3.05) is 11.1 Å². The standard InChI is InChI=1S/C30H45NO4S/c1-18(2)23-12-11-13-24(19(3)4)30(23)31-29(32)14-15-36(33,34)35-28-17-26(21(7)8)25(20(5)6)16-27(28)22(9)10/h11-13,16-22H,14-15H2,1-10H3,(H,31,32). The van der Waals surface area contributed by atoms with Gasteiger partial charge in [0.25, 0.3) is 0 Å². The van der Waals surface area contributed by atoms with E-state index in [1.165, 1.54) is 5.56 Å². The third-order valence-corrected chi connectivity index (χ3v) is 7.65. The van der Waals surface area contributed by atoms with Gasteiger partial charge in [0.2, 0.25) is 5.91 Å². The second-order valence-electron chi connectivity index (χ2n) is 11.2. The highest BCUT2D eigenvalue weighted by Gasteiger charge is 2.23. The molecular weight excluding hydrogens is 470 g/mol. The van der Waals surface area contributed by atoms with Crippen molar-refractivity contribution < 1.29 is 17.4 Å².